The summed E-state index contributed by atoms with van der Waals surface area (Å²) in [5.41, 5.74) is 5.07. The first-order valence-corrected chi connectivity index (χ1v) is 3.02. The molecule has 0 aromatic carbocycles. The van der Waals surface area contributed by atoms with Gasteiger partial charge in [0.2, 0.25) is 0 Å². The zero-order valence-electron chi connectivity index (χ0n) is 6.17. The predicted octanol–water partition coefficient (Wildman–Crippen LogP) is 1.65. The number of hydrogen-bond acceptors (Lipinski definition) is 2. The summed E-state index contributed by atoms with van der Waals surface area (Å²) in [6, 6.07) is 0. The molecule has 10 heavy (non-hydrogen) atoms. The molecular weight excluding hydrogens is 171 g/mol. The molecule has 0 atom stereocenters. The maximum atomic E-state index is 5.07. The Morgan fingerprint density at radius 1 is 1.40 bits per heavy atom. The highest BCUT2D eigenvalue weighted by atomic mass is 35.5. The van der Waals surface area contributed by atoms with Crippen molar-refractivity contribution >= 4 is 24.8 Å². The second-order valence-corrected chi connectivity index (χ2v) is 1.67. The molecule has 0 saturated heterocycles. The number of nitrogens with one attached hydrogen (secondary N) is 1. The van der Waals surface area contributed by atoms with E-state index in [0.29, 0.717) is 0 Å². The summed E-state index contributed by atoms with van der Waals surface area (Å²) in [6.45, 7) is 3.19. The molecule has 0 unspecified atom stereocenters. The topological polar surface area (TPSA) is 38.0 Å². The van der Waals surface area contributed by atoms with Crippen LogP contribution in [0, 0.1) is 0 Å². The lowest BCUT2D eigenvalue weighted by Crippen LogP contribution is -2.06. The van der Waals surface area contributed by atoms with Gasteiger partial charge in [-0.1, -0.05) is 13.3 Å². The van der Waals surface area contributed by atoms with Gasteiger partial charge in [0, 0.05) is 18.9 Å². The Labute approximate surface area is 75.1 Å². The normalized spacial score (nSPS) is 8.10. The van der Waals surface area contributed by atoms with Crippen molar-refractivity contribution < 1.29 is 0 Å². The summed E-state index contributed by atoms with van der Waals surface area (Å²) in [6.07, 6.45) is 5.71. The maximum Gasteiger partial charge on any atom is 0.0141 e. The van der Waals surface area contributed by atoms with Gasteiger partial charge in [-0.15, -0.1) is 24.8 Å². The molecule has 0 radical (unpaired) electrons. The first-order valence-electron chi connectivity index (χ1n) is 3.02. The maximum absolute atomic E-state index is 5.07. The third kappa shape index (κ3) is 15.7. The number of nitrogens with two attached hydrogens (primary N) is 1. The van der Waals surface area contributed by atoms with E-state index >= 15 is 0 Å². The van der Waals surface area contributed by atoms with Crippen LogP contribution in [-0.2, 0) is 0 Å². The molecule has 0 spiro atoms. The molecule has 0 aromatic heterocycles. The lowest BCUT2D eigenvalue weighted by Gasteiger charge is -1.94. The van der Waals surface area contributed by atoms with Crippen molar-refractivity contribution in [2.45, 2.75) is 19.8 Å². The van der Waals surface area contributed by atoms with Crippen molar-refractivity contribution in [3.8, 4) is 0 Å². The van der Waals surface area contributed by atoms with E-state index in [2.05, 4.69) is 12.2 Å². The van der Waals surface area contributed by atoms with Crippen molar-refractivity contribution in [1.82, 2.24) is 5.32 Å². The molecule has 0 aromatic rings. The van der Waals surface area contributed by atoms with E-state index in [1.807, 2.05) is 0 Å². The lowest BCUT2D eigenvalue weighted by atomic mass is 10.3. The smallest absolute Gasteiger partial charge is 0.0141 e. The van der Waals surface area contributed by atoms with Gasteiger partial charge in [0.05, 0.1) is 0 Å². The van der Waals surface area contributed by atoms with Crippen LogP contribution in [0.2, 0.25) is 0 Å². The number of hydrogen-bond donors (Lipinski definition) is 2. The summed E-state index contributed by atoms with van der Waals surface area (Å²) < 4.78 is 0. The molecule has 0 aliphatic carbocycles. The average molecular weight is 187 g/mol. The molecule has 64 valence electrons. The summed E-state index contributed by atoms with van der Waals surface area (Å²) in [5.74, 6) is 0. The van der Waals surface area contributed by atoms with Crippen molar-refractivity contribution in [2.75, 3.05) is 6.54 Å². The monoisotopic (exact) mass is 186 g/mol. The van der Waals surface area contributed by atoms with Crippen LogP contribution in [0.15, 0.2) is 12.4 Å². The van der Waals surface area contributed by atoms with E-state index in [-0.39, 0.29) is 24.8 Å². The quantitative estimate of drug-likeness (QED) is 0.656. The summed E-state index contributed by atoms with van der Waals surface area (Å²) in [4.78, 5) is 0. The minimum Gasteiger partial charge on any atom is -0.403 e. The Balaban J connectivity index is -0.000000245. The van der Waals surface area contributed by atoms with Gasteiger partial charge in [-0.2, -0.15) is 0 Å². The highest BCUT2D eigenvalue weighted by Gasteiger charge is 1.75. The third-order valence-corrected chi connectivity index (χ3v) is 0.889. The first kappa shape index (κ1) is 16.5. The molecule has 0 aliphatic rings. The Morgan fingerprint density at radius 2 is 2.00 bits per heavy atom. The molecule has 0 amide bonds. The van der Waals surface area contributed by atoms with Gasteiger partial charge in [-0.3, -0.25) is 0 Å². The van der Waals surface area contributed by atoms with E-state index in [9.17, 15) is 0 Å². The fraction of sp³-hybridized carbons (Fsp3) is 0.667. The predicted molar refractivity (Wildman–Crippen MR) is 50.7 cm³/mol. The van der Waals surface area contributed by atoms with Crippen LogP contribution in [0.4, 0.5) is 0 Å². The van der Waals surface area contributed by atoms with E-state index in [1.165, 1.54) is 19.0 Å². The standard InChI is InChI=1S/C6H14N2.2ClH/c1-2-3-5-8-6-4-7;;/h4,6,8H,2-3,5,7H2,1H3;2*1H. The Bertz CT molecular complexity index is 66.8. The minimum absolute atomic E-state index is 0. The second-order valence-electron chi connectivity index (χ2n) is 1.67. The fourth-order valence-corrected chi connectivity index (χ4v) is 0.430. The van der Waals surface area contributed by atoms with Gasteiger partial charge in [0.15, 0.2) is 0 Å². The molecule has 0 saturated carbocycles. The molecule has 0 rings (SSSR count). The zero-order chi connectivity index (χ0) is 6.24. The highest BCUT2D eigenvalue weighted by Crippen LogP contribution is 1.80. The number of rotatable bonds is 4. The zero-order valence-corrected chi connectivity index (χ0v) is 7.80. The number of halogens is 2. The summed E-state index contributed by atoms with van der Waals surface area (Å²) >= 11 is 0. The molecule has 2 nitrogen and oxygen atoms in total. The molecule has 0 aliphatic heterocycles. The Hall–Kier alpha value is -0.0800. The van der Waals surface area contributed by atoms with Gasteiger partial charge >= 0.3 is 0 Å². The molecule has 3 N–H and O–H groups in total. The Kier molecular flexibility index (Phi) is 26.3. The fourth-order valence-electron chi connectivity index (χ4n) is 0.430. The molecule has 0 heterocycles. The van der Waals surface area contributed by atoms with E-state index in [0.717, 1.165) is 6.54 Å². The molecule has 0 bridgehead atoms. The Morgan fingerprint density at radius 3 is 2.40 bits per heavy atom. The van der Waals surface area contributed by atoms with Crippen LogP contribution in [0.5, 0.6) is 0 Å². The lowest BCUT2D eigenvalue weighted by molar-refractivity contribution is 0.734. The average Bonchev–Trinajstić information content (AvgIpc) is 1.81. The van der Waals surface area contributed by atoms with Crippen LogP contribution in [-0.4, -0.2) is 6.54 Å². The third-order valence-electron chi connectivity index (χ3n) is 0.889. The van der Waals surface area contributed by atoms with Crippen LogP contribution in [0.3, 0.4) is 0 Å². The van der Waals surface area contributed by atoms with E-state index in [4.69, 9.17) is 5.73 Å². The van der Waals surface area contributed by atoms with Crippen molar-refractivity contribution in [3.05, 3.63) is 12.4 Å². The molecule has 0 fully saturated rings. The van der Waals surface area contributed by atoms with Crippen LogP contribution in [0.25, 0.3) is 0 Å². The van der Waals surface area contributed by atoms with Crippen LogP contribution >= 0.6 is 24.8 Å². The van der Waals surface area contributed by atoms with Gasteiger partial charge in [0.25, 0.3) is 0 Å². The SMILES string of the molecule is CCCCNC=CN.Cl.Cl. The largest absolute Gasteiger partial charge is 0.403 e. The molecular formula is C6H16Cl2N2. The molecule has 4 heteroatoms. The second kappa shape index (κ2) is 16.0. The van der Waals surface area contributed by atoms with E-state index in [1.54, 1.807) is 6.20 Å². The summed E-state index contributed by atoms with van der Waals surface area (Å²) in [7, 11) is 0. The highest BCUT2D eigenvalue weighted by molar-refractivity contribution is 5.85. The van der Waals surface area contributed by atoms with Crippen LogP contribution in [0.1, 0.15) is 19.8 Å². The van der Waals surface area contributed by atoms with Crippen molar-refractivity contribution in [1.29, 1.82) is 0 Å². The first-order chi connectivity index (χ1) is 3.91. The number of unbranched alkanes of at least 4 members (excludes halogenated alkanes) is 1. The van der Waals surface area contributed by atoms with Crippen LogP contribution < -0.4 is 11.1 Å². The van der Waals surface area contributed by atoms with Gasteiger partial charge in [0.1, 0.15) is 0 Å². The van der Waals surface area contributed by atoms with Crippen molar-refractivity contribution in [3.63, 3.8) is 0 Å². The van der Waals surface area contributed by atoms with Crippen molar-refractivity contribution in [2.24, 2.45) is 5.73 Å². The van der Waals surface area contributed by atoms with Gasteiger partial charge in [-0.05, 0) is 6.42 Å². The minimum atomic E-state index is 0. The van der Waals surface area contributed by atoms with Gasteiger partial charge < -0.3 is 11.1 Å². The van der Waals surface area contributed by atoms with E-state index < -0.39 is 0 Å². The summed E-state index contributed by atoms with van der Waals surface area (Å²) in [5, 5.41) is 3.03. The van der Waals surface area contributed by atoms with Gasteiger partial charge in [-0.25, -0.2) is 0 Å².